The van der Waals surface area contributed by atoms with Gasteiger partial charge < -0.3 is 10.2 Å². The molecule has 2 nitrogen and oxygen atoms in total. The first-order valence-electron chi connectivity index (χ1n) is 5.82. The first kappa shape index (κ1) is 11.0. The SMILES string of the molecule is CCCN(CCC)CC1CCCN1. The van der Waals surface area contributed by atoms with E-state index in [1.807, 2.05) is 0 Å². The summed E-state index contributed by atoms with van der Waals surface area (Å²) in [4.78, 5) is 2.60. The van der Waals surface area contributed by atoms with E-state index in [2.05, 4.69) is 24.1 Å². The Morgan fingerprint density at radius 2 is 1.92 bits per heavy atom. The van der Waals surface area contributed by atoms with Crippen LogP contribution in [0.2, 0.25) is 0 Å². The Balaban J connectivity index is 2.19. The highest BCUT2D eigenvalue weighted by atomic mass is 15.1. The van der Waals surface area contributed by atoms with Crippen molar-refractivity contribution in [3.05, 3.63) is 0 Å². The minimum atomic E-state index is 0.776. The minimum absolute atomic E-state index is 0.776. The molecule has 0 spiro atoms. The van der Waals surface area contributed by atoms with Crippen molar-refractivity contribution < 1.29 is 0 Å². The molecule has 1 fully saturated rings. The van der Waals surface area contributed by atoms with Crippen molar-refractivity contribution in [3.63, 3.8) is 0 Å². The van der Waals surface area contributed by atoms with Gasteiger partial charge in [-0.1, -0.05) is 13.8 Å². The van der Waals surface area contributed by atoms with E-state index in [1.165, 1.54) is 51.9 Å². The van der Waals surface area contributed by atoms with Crippen LogP contribution in [0.1, 0.15) is 39.5 Å². The number of nitrogens with zero attached hydrogens (tertiary/aromatic N) is 1. The van der Waals surface area contributed by atoms with Gasteiger partial charge in [0.2, 0.25) is 0 Å². The van der Waals surface area contributed by atoms with Crippen LogP contribution in [0, 0.1) is 0 Å². The molecule has 0 amide bonds. The van der Waals surface area contributed by atoms with Crippen LogP contribution in [0.3, 0.4) is 0 Å². The average molecular weight is 184 g/mol. The zero-order valence-electron chi connectivity index (χ0n) is 9.18. The van der Waals surface area contributed by atoms with Gasteiger partial charge in [-0.3, -0.25) is 0 Å². The normalized spacial score (nSPS) is 22.8. The number of hydrogen-bond acceptors (Lipinski definition) is 2. The molecule has 0 aliphatic carbocycles. The fraction of sp³-hybridized carbons (Fsp3) is 1.00. The van der Waals surface area contributed by atoms with E-state index in [9.17, 15) is 0 Å². The lowest BCUT2D eigenvalue weighted by atomic mass is 10.2. The molecule has 78 valence electrons. The summed E-state index contributed by atoms with van der Waals surface area (Å²) < 4.78 is 0. The Kier molecular flexibility index (Phi) is 5.40. The summed E-state index contributed by atoms with van der Waals surface area (Å²) in [6, 6.07) is 0.776. The predicted octanol–water partition coefficient (Wildman–Crippen LogP) is 1.86. The monoisotopic (exact) mass is 184 g/mol. The summed E-state index contributed by atoms with van der Waals surface area (Å²) in [5.41, 5.74) is 0. The van der Waals surface area contributed by atoms with Crippen LogP contribution in [0.5, 0.6) is 0 Å². The van der Waals surface area contributed by atoms with Gasteiger partial charge in [0.15, 0.2) is 0 Å². The standard InChI is InChI=1S/C11H24N2/c1-3-8-13(9-4-2)10-11-6-5-7-12-11/h11-12H,3-10H2,1-2H3. The molecule has 2 heteroatoms. The van der Waals surface area contributed by atoms with Crippen molar-refractivity contribution in [1.82, 2.24) is 10.2 Å². The topological polar surface area (TPSA) is 15.3 Å². The third-order valence-electron chi connectivity index (χ3n) is 2.72. The number of hydrogen-bond donors (Lipinski definition) is 1. The molecule has 1 aliphatic rings. The number of rotatable bonds is 6. The van der Waals surface area contributed by atoms with Crippen molar-refractivity contribution in [1.29, 1.82) is 0 Å². The molecule has 1 aliphatic heterocycles. The third-order valence-corrected chi connectivity index (χ3v) is 2.72. The van der Waals surface area contributed by atoms with Gasteiger partial charge >= 0.3 is 0 Å². The molecule has 0 aromatic carbocycles. The Morgan fingerprint density at radius 3 is 2.38 bits per heavy atom. The Morgan fingerprint density at radius 1 is 1.23 bits per heavy atom. The molecule has 13 heavy (non-hydrogen) atoms. The molecule has 1 N–H and O–H groups in total. The first-order chi connectivity index (χ1) is 6.36. The maximum atomic E-state index is 3.56. The van der Waals surface area contributed by atoms with Crippen LogP contribution in [0.4, 0.5) is 0 Å². The van der Waals surface area contributed by atoms with Crippen molar-refractivity contribution in [2.75, 3.05) is 26.2 Å². The summed E-state index contributed by atoms with van der Waals surface area (Å²) in [6.45, 7) is 9.58. The van der Waals surface area contributed by atoms with Crippen LogP contribution < -0.4 is 5.32 Å². The van der Waals surface area contributed by atoms with Crippen molar-refractivity contribution in [3.8, 4) is 0 Å². The second-order valence-electron chi connectivity index (χ2n) is 4.09. The molecule has 1 unspecified atom stereocenters. The van der Waals surface area contributed by atoms with E-state index in [1.54, 1.807) is 0 Å². The summed E-state index contributed by atoms with van der Waals surface area (Å²) >= 11 is 0. The van der Waals surface area contributed by atoms with Gasteiger partial charge in [0.05, 0.1) is 0 Å². The van der Waals surface area contributed by atoms with Gasteiger partial charge in [-0.15, -0.1) is 0 Å². The quantitative estimate of drug-likeness (QED) is 0.678. The summed E-state index contributed by atoms with van der Waals surface area (Å²) in [5, 5.41) is 3.56. The summed E-state index contributed by atoms with van der Waals surface area (Å²) in [5.74, 6) is 0. The van der Waals surface area contributed by atoms with E-state index in [0.29, 0.717) is 0 Å². The zero-order valence-corrected chi connectivity index (χ0v) is 9.18. The van der Waals surface area contributed by atoms with E-state index >= 15 is 0 Å². The van der Waals surface area contributed by atoms with Gasteiger partial charge in [0.1, 0.15) is 0 Å². The fourth-order valence-corrected chi connectivity index (χ4v) is 2.15. The predicted molar refractivity (Wildman–Crippen MR) is 58.0 cm³/mol. The summed E-state index contributed by atoms with van der Waals surface area (Å²) in [6.07, 6.45) is 5.32. The Bertz CT molecular complexity index is 113. The minimum Gasteiger partial charge on any atom is -0.313 e. The van der Waals surface area contributed by atoms with Crippen LogP contribution in [-0.4, -0.2) is 37.1 Å². The average Bonchev–Trinajstić information content (AvgIpc) is 2.58. The third kappa shape index (κ3) is 4.10. The Hall–Kier alpha value is -0.0800. The highest BCUT2D eigenvalue weighted by Gasteiger charge is 2.16. The molecule has 1 saturated heterocycles. The largest absolute Gasteiger partial charge is 0.313 e. The molecule has 0 saturated carbocycles. The van der Waals surface area contributed by atoms with Crippen molar-refractivity contribution in [2.45, 2.75) is 45.6 Å². The lowest BCUT2D eigenvalue weighted by molar-refractivity contribution is 0.250. The maximum absolute atomic E-state index is 3.56. The molecular weight excluding hydrogens is 160 g/mol. The van der Waals surface area contributed by atoms with Gasteiger partial charge in [0.25, 0.3) is 0 Å². The zero-order chi connectivity index (χ0) is 9.52. The van der Waals surface area contributed by atoms with Crippen molar-refractivity contribution in [2.24, 2.45) is 0 Å². The molecule has 1 heterocycles. The van der Waals surface area contributed by atoms with E-state index in [-0.39, 0.29) is 0 Å². The van der Waals surface area contributed by atoms with E-state index in [4.69, 9.17) is 0 Å². The molecule has 1 atom stereocenters. The lowest BCUT2D eigenvalue weighted by Gasteiger charge is -2.24. The van der Waals surface area contributed by atoms with Crippen LogP contribution in [-0.2, 0) is 0 Å². The highest BCUT2D eigenvalue weighted by Crippen LogP contribution is 2.07. The molecule has 0 aromatic heterocycles. The molecule has 1 rings (SSSR count). The van der Waals surface area contributed by atoms with Crippen LogP contribution >= 0.6 is 0 Å². The van der Waals surface area contributed by atoms with E-state index in [0.717, 1.165) is 6.04 Å². The second kappa shape index (κ2) is 6.39. The smallest absolute Gasteiger partial charge is 0.0195 e. The maximum Gasteiger partial charge on any atom is 0.0195 e. The van der Waals surface area contributed by atoms with Crippen molar-refractivity contribution >= 4 is 0 Å². The molecule has 0 bridgehead atoms. The molecular formula is C11H24N2. The lowest BCUT2D eigenvalue weighted by Crippen LogP contribution is -2.38. The summed E-state index contributed by atoms with van der Waals surface area (Å²) in [7, 11) is 0. The first-order valence-corrected chi connectivity index (χ1v) is 5.82. The molecule has 0 aromatic rings. The van der Waals surface area contributed by atoms with E-state index < -0.39 is 0 Å². The highest BCUT2D eigenvalue weighted by molar-refractivity contribution is 4.77. The van der Waals surface area contributed by atoms with Crippen LogP contribution in [0.15, 0.2) is 0 Å². The second-order valence-corrected chi connectivity index (χ2v) is 4.09. The number of nitrogens with one attached hydrogen (secondary N) is 1. The van der Waals surface area contributed by atoms with Gasteiger partial charge in [0, 0.05) is 12.6 Å². The van der Waals surface area contributed by atoms with Gasteiger partial charge in [-0.2, -0.15) is 0 Å². The molecule has 0 radical (unpaired) electrons. The van der Waals surface area contributed by atoms with Crippen LogP contribution in [0.25, 0.3) is 0 Å². The fourth-order valence-electron chi connectivity index (χ4n) is 2.15. The Labute approximate surface area is 82.7 Å². The van der Waals surface area contributed by atoms with Gasteiger partial charge in [-0.25, -0.2) is 0 Å². The van der Waals surface area contributed by atoms with Gasteiger partial charge in [-0.05, 0) is 45.3 Å².